The van der Waals surface area contributed by atoms with Crippen molar-refractivity contribution in [2.45, 2.75) is 45.1 Å². The number of ether oxygens (including phenoxy) is 1. The first-order chi connectivity index (χ1) is 27.6. The van der Waals surface area contributed by atoms with Crippen LogP contribution in [-0.2, 0) is 16.5 Å². The standard InChI is InChI=1S/C39H47FN8O7S3/c1-26-23-34(45-46-36(26)44-38-42-30-13-5-6-14-32(30)56-38)47(19-8-12-28(49)25-48(3,4)20-10-22-58(52,53)54)39-43-35(37(50)51)33(57-39)15-9-21-55-31-17-16-27(24-29(31)40)11-7-18-41-2/h5-6,13-14,16-17,23-24,28,41,49H,8-10,12,15,18-22,25H2,1-4H3,(H2-,42,44,46,50,51,52,53,54)/p+1. The Balaban J connectivity index is 1.31. The van der Waals surface area contributed by atoms with Gasteiger partial charge in [-0.2, -0.15) is 8.42 Å². The largest absolute Gasteiger partial charge is 0.491 e. The number of aliphatic hydroxyl groups excluding tert-OH is 1. The molecule has 1 unspecified atom stereocenters. The molecule has 0 amide bonds. The maximum atomic E-state index is 14.7. The fraction of sp³-hybridized carbons (Fsp3) is 0.410. The second-order valence-electron chi connectivity index (χ2n) is 14.3. The maximum Gasteiger partial charge on any atom is 0.355 e. The molecule has 15 nitrogen and oxygen atoms in total. The number of hydrogen-bond acceptors (Lipinski definition) is 14. The highest BCUT2D eigenvalue weighted by Crippen LogP contribution is 2.34. The first-order valence-electron chi connectivity index (χ1n) is 18.6. The number of carbonyl (C=O) groups is 1. The van der Waals surface area contributed by atoms with Gasteiger partial charge in [0.1, 0.15) is 12.6 Å². The summed E-state index contributed by atoms with van der Waals surface area (Å²) in [7, 11) is 1.46. The Morgan fingerprint density at radius 1 is 1.09 bits per heavy atom. The zero-order chi connectivity index (χ0) is 41.9. The molecule has 0 saturated heterocycles. The molecular formula is C39H48FN8O7S3+. The van der Waals surface area contributed by atoms with Crippen molar-refractivity contribution in [2.24, 2.45) is 0 Å². The molecular weight excluding hydrogens is 808 g/mol. The molecule has 0 bridgehead atoms. The Morgan fingerprint density at radius 3 is 2.59 bits per heavy atom. The van der Waals surface area contributed by atoms with Gasteiger partial charge in [0.15, 0.2) is 39.2 Å². The fourth-order valence-electron chi connectivity index (χ4n) is 6.11. The summed E-state index contributed by atoms with van der Waals surface area (Å²) in [6.45, 7) is 3.59. The third kappa shape index (κ3) is 13.1. The van der Waals surface area contributed by atoms with Gasteiger partial charge in [0.05, 0.1) is 49.8 Å². The molecule has 0 saturated carbocycles. The van der Waals surface area contributed by atoms with E-state index in [1.54, 1.807) is 18.0 Å². The number of carboxylic acid groups (broad SMARTS) is 1. The van der Waals surface area contributed by atoms with Crippen molar-refractivity contribution in [3.8, 4) is 17.6 Å². The van der Waals surface area contributed by atoms with Gasteiger partial charge >= 0.3 is 5.97 Å². The van der Waals surface area contributed by atoms with Crippen LogP contribution in [-0.4, -0.2) is 120 Å². The number of thiazole rings is 2. The molecule has 0 radical (unpaired) electrons. The summed E-state index contributed by atoms with van der Waals surface area (Å²) in [6, 6.07) is 14.1. The molecule has 0 aliphatic carbocycles. The lowest BCUT2D eigenvalue weighted by Gasteiger charge is -2.32. The van der Waals surface area contributed by atoms with Crippen molar-refractivity contribution in [2.75, 3.05) is 69.9 Å². The molecule has 5 N–H and O–H groups in total. The van der Waals surface area contributed by atoms with Crippen LogP contribution in [0, 0.1) is 24.6 Å². The molecule has 0 aliphatic rings. The number of benzene rings is 2. The third-order valence-corrected chi connectivity index (χ3v) is 11.8. The highest BCUT2D eigenvalue weighted by Gasteiger charge is 2.25. The SMILES string of the molecule is CNCC#Cc1ccc(OCCCc2sc(N(CCCC(O)C[N+](C)(C)CCCS(=O)(=O)O)c3cc(C)c(Nc4nc5ccccc5s4)nn3)nc2C(=O)O)c(F)c1. The van der Waals surface area contributed by atoms with Crippen LogP contribution in [0.4, 0.5) is 26.3 Å². The van der Waals surface area contributed by atoms with Crippen molar-refractivity contribution in [1.82, 2.24) is 25.5 Å². The van der Waals surface area contributed by atoms with Gasteiger partial charge in [-0.1, -0.05) is 35.3 Å². The highest BCUT2D eigenvalue weighted by atomic mass is 32.2. The second-order valence-corrected chi connectivity index (χ2v) is 17.9. The van der Waals surface area contributed by atoms with E-state index in [2.05, 4.69) is 42.6 Å². The lowest BCUT2D eigenvalue weighted by molar-refractivity contribution is -0.893. The quantitative estimate of drug-likeness (QED) is 0.0263. The summed E-state index contributed by atoms with van der Waals surface area (Å²) in [5.74, 6) is 4.69. The lowest BCUT2D eigenvalue weighted by atomic mass is 10.1. The molecule has 0 spiro atoms. The van der Waals surface area contributed by atoms with Crippen molar-refractivity contribution >= 4 is 70.9 Å². The molecule has 1 atom stereocenters. The van der Waals surface area contributed by atoms with E-state index in [9.17, 15) is 27.8 Å². The van der Waals surface area contributed by atoms with Crippen molar-refractivity contribution in [3.63, 3.8) is 0 Å². The van der Waals surface area contributed by atoms with E-state index in [4.69, 9.17) is 9.29 Å². The Hall–Kier alpha value is -4.81. The zero-order valence-corrected chi connectivity index (χ0v) is 35.2. The van der Waals surface area contributed by atoms with Crippen LogP contribution in [0.2, 0.25) is 0 Å². The first-order valence-corrected chi connectivity index (χ1v) is 21.8. The lowest BCUT2D eigenvalue weighted by Crippen LogP contribution is -2.46. The van der Waals surface area contributed by atoms with Gasteiger partial charge in [-0.05, 0) is 81.6 Å². The normalized spacial score (nSPS) is 12.3. The number of aliphatic hydroxyl groups is 1. The van der Waals surface area contributed by atoms with E-state index in [-0.39, 0.29) is 30.2 Å². The van der Waals surface area contributed by atoms with E-state index in [1.165, 1.54) is 34.8 Å². The number of aromatic carboxylic acids is 1. The van der Waals surface area contributed by atoms with Crippen molar-refractivity contribution < 1.29 is 41.6 Å². The average molecular weight is 856 g/mol. The topological polar surface area (TPSA) is 200 Å². The van der Waals surface area contributed by atoms with Gasteiger partial charge in [0.2, 0.25) is 0 Å². The fourth-order valence-corrected chi connectivity index (χ4v) is 8.60. The Kier molecular flexibility index (Phi) is 15.5. The van der Waals surface area contributed by atoms with Crippen LogP contribution >= 0.6 is 22.7 Å². The molecule has 2 aromatic carbocycles. The van der Waals surface area contributed by atoms with E-state index in [1.807, 2.05) is 51.4 Å². The Bertz CT molecular complexity index is 2330. The monoisotopic (exact) mass is 855 g/mol. The summed E-state index contributed by atoms with van der Waals surface area (Å²) in [6.07, 6.45) is 1.05. The van der Waals surface area contributed by atoms with Crippen LogP contribution in [0.3, 0.4) is 0 Å². The minimum absolute atomic E-state index is 0.0753. The number of likely N-dealkylation sites (N-methyl/N-ethyl adjacent to an activating group) is 1. The number of anilines is 4. The number of nitrogens with one attached hydrogen (secondary N) is 2. The van der Waals surface area contributed by atoms with Crippen LogP contribution < -0.4 is 20.3 Å². The Labute approximate surface area is 345 Å². The number of fused-ring (bicyclic) bond motifs is 1. The van der Waals surface area contributed by atoms with Gasteiger partial charge < -0.3 is 35.0 Å². The molecule has 5 aromatic rings. The number of para-hydroxylation sites is 1. The zero-order valence-electron chi connectivity index (χ0n) is 32.7. The van der Waals surface area contributed by atoms with Gasteiger partial charge in [-0.15, -0.1) is 21.5 Å². The van der Waals surface area contributed by atoms with E-state index >= 15 is 0 Å². The molecule has 3 aromatic heterocycles. The number of quaternary nitrogens is 1. The van der Waals surface area contributed by atoms with Gasteiger partial charge in [-0.25, -0.2) is 19.2 Å². The van der Waals surface area contributed by atoms with Crippen LogP contribution in [0.5, 0.6) is 5.75 Å². The summed E-state index contributed by atoms with van der Waals surface area (Å²) in [5, 5.41) is 37.3. The number of halogens is 1. The predicted molar refractivity (Wildman–Crippen MR) is 225 cm³/mol. The molecule has 5 rings (SSSR count). The number of aromatic nitrogens is 4. The van der Waals surface area contributed by atoms with Crippen LogP contribution in [0.1, 0.15) is 52.2 Å². The highest BCUT2D eigenvalue weighted by molar-refractivity contribution is 7.85. The molecule has 3 heterocycles. The molecule has 0 aliphatic heterocycles. The number of rotatable bonds is 21. The summed E-state index contributed by atoms with van der Waals surface area (Å²) in [4.78, 5) is 23.9. The second kappa shape index (κ2) is 20.2. The number of hydrogen-bond donors (Lipinski definition) is 5. The number of carboxylic acids is 1. The molecule has 310 valence electrons. The summed E-state index contributed by atoms with van der Waals surface area (Å²) in [5.41, 5.74) is 2.04. The predicted octanol–water partition coefficient (Wildman–Crippen LogP) is 5.65. The Morgan fingerprint density at radius 2 is 1.88 bits per heavy atom. The molecule has 58 heavy (non-hydrogen) atoms. The molecule has 0 fully saturated rings. The van der Waals surface area contributed by atoms with E-state index in [0.717, 1.165) is 15.8 Å². The van der Waals surface area contributed by atoms with Gasteiger partial charge in [-0.3, -0.25) is 4.55 Å². The third-order valence-electron chi connectivity index (χ3n) is 8.91. The average Bonchev–Trinajstić information content (AvgIpc) is 3.77. The first kappa shape index (κ1) is 44.3. The number of aryl methyl sites for hydroxylation is 2. The summed E-state index contributed by atoms with van der Waals surface area (Å²) >= 11 is 2.69. The van der Waals surface area contributed by atoms with Gasteiger partial charge in [0.25, 0.3) is 10.1 Å². The summed E-state index contributed by atoms with van der Waals surface area (Å²) < 4.78 is 53.2. The maximum absolute atomic E-state index is 14.7. The number of nitrogens with zero attached hydrogens (tertiary/aromatic N) is 6. The molecule has 19 heteroatoms. The minimum atomic E-state index is -4.07. The van der Waals surface area contributed by atoms with Gasteiger partial charge in [0, 0.05) is 23.4 Å². The van der Waals surface area contributed by atoms with Crippen molar-refractivity contribution in [1.29, 1.82) is 0 Å². The van der Waals surface area contributed by atoms with Crippen molar-refractivity contribution in [3.05, 3.63) is 76.0 Å². The van der Waals surface area contributed by atoms with Crippen LogP contribution in [0.25, 0.3) is 10.2 Å². The smallest absolute Gasteiger partial charge is 0.355 e. The van der Waals surface area contributed by atoms with E-state index in [0.29, 0.717) is 88.7 Å². The van der Waals surface area contributed by atoms with Crippen LogP contribution in [0.15, 0.2) is 48.5 Å². The minimum Gasteiger partial charge on any atom is -0.491 e. The van der Waals surface area contributed by atoms with E-state index < -0.39 is 28.0 Å².